The minimum atomic E-state index is -3.66. The Morgan fingerprint density at radius 3 is 2.40 bits per heavy atom. The van der Waals surface area contributed by atoms with Crippen LogP contribution in [0.25, 0.3) is 0 Å². The van der Waals surface area contributed by atoms with Gasteiger partial charge in [-0.15, -0.1) is 0 Å². The minimum Gasteiger partial charge on any atom is -0.350 e. The lowest BCUT2D eigenvalue weighted by molar-refractivity contribution is -0.0503. The summed E-state index contributed by atoms with van der Waals surface area (Å²) in [6.07, 6.45) is 5.30. The number of anilines is 1. The molecule has 164 valence electrons. The molecule has 30 heavy (non-hydrogen) atoms. The molecule has 2 heterocycles. The van der Waals surface area contributed by atoms with E-state index in [-0.39, 0.29) is 18.1 Å². The van der Waals surface area contributed by atoms with Crippen LogP contribution in [0.5, 0.6) is 0 Å². The van der Waals surface area contributed by atoms with Crippen molar-refractivity contribution >= 4 is 22.2 Å². The summed E-state index contributed by atoms with van der Waals surface area (Å²) in [6.45, 7) is 5.33. The highest BCUT2D eigenvalue weighted by molar-refractivity contribution is 7.85. The van der Waals surface area contributed by atoms with Crippen molar-refractivity contribution in [3.05, 3.63) is 53.0 Å². The molecule has 1 aliphatic heterocycles. The molecular weight excluding hydrogens is 406 g/mol. The third-order valence-corrected chi connectivity index (χ3v) is 5.76. The lowest BCUT2D eigenvalue weighted by atomic mass is 9.99. The lowest BCUT2D eigenvalue weighted by Crippen LogP contribution is -2.38. The number of carbonyl (C=O) groups excluding carboxylic acids is 1. The van der Waals surface area contributed by atoms with Gasteiger partial charge in [0.1, 0.15) is 24.1 Å². The number of nitrogens with zero attached hydrogens (tertiary/aromatic N) is 3. The van der Waals surface area contributed by atoms with Gasteiger partial charge in [0.05, 0.1) is 11.9 Å². The maximum absolute atomic E-state index is 11.1. The van der Waals surface area contributed by atoms with Gasteiger partial charge in [0.25, 0.3) is 10.1 Å². The summed E-state index contributed by atoms with van der Waals surface area (Å²) < 4.78 is 33.2. The number of aromatic nitrogens is 2. The number of benzene rings is 1. The first kappa shape index (κ1) is 23.9. The van der Waals surface area contributed by atoms with Gasteiger partial charge < -0.3 is 9.64 Å². The first-order valence-corrected chi connectivity index (χ1v) is 11.4. The predicted octanol–water partition coefficient (Wildman–Crippen LogP) is 3.50. The summed E-state index contributed by atoms with van der Waals surface area (Å²) in [6, 6.07) is 8.53. The van der Waals surface area contributed by atoms with Gasteiger partial charge in [-0.05, 0) is 45.6 Å². The SMILES string of the molecule is CCS(=O)(=O)O.Cc1ccc([C@@H]2CCC[C@H](N(C)c3ncnc(C=O)c3C)O2)cc1. The molecule has 1 aromatic carbocycles. The highest BCUT2D eigenvalue weighted by Gasteiger charge is 2.28. The highest BCUT2D eigenvalue weighted by Crippen LogP contribution is 2.34. The van der Waals surface area contributed by atoms with Crippen molar-refractivity contribution in [3.8, 4) is 0 Å². The van der Waals surface area contributed by atoms with E-state index in [0.717, 1.165) is 36.9 Å². The normalized spacial score (nSPS) is 18.8. The highest BCUT2D eigenvalue weighted by atomic mass is 32.2. The van der Waals surface area contributed by atoms with Crippen molar-refractivity contribution in [3.63, 3.8) is 0 Å². The van der Waals surface area contributed by atoms with Gasteiger partial charge in [0.15, 0.2) is 6.29 Å². The van der Waals surface area contributed by atoms with Gasteiger partial charge in [-0.1, -0.05) is 29.8 Å². The summed E-state index contributed by atoms with van der Waals surface area (Å²) >= 11 is 0. The average Bonchev–Trinajstić information content (AvgIpc) is 2.74. The van der Waals surface area contributed by atoms with Crippen LogP contribution in [0.2, 0.25) is 0 Å². The fraction of sp³-hybridized carbons (Fsp3) is 0.476. The number of rotatable bonds is 5. The fourth-order valence-electron chi connectivity index (χ4n) is 3.18. The van der Waals surface area contributed by atoms with Crippen molar-refractivity contribution in [1.82, 2.24) is 9.97 Å². The summed E-state index contributed by atoms with van der Waals surface area (Å²) in [5.41, 5.74) is 3.68. The Morgan fingerprint density at radius 2 is 1.83 bits per heavy atom. The first-order valence-electron chi connectivity index (χ1n) is 9.83. The van der Waals surface area contributed by atoms with Crippen molar-refractivity contribution in [1.29, 1.82) is 0 Å². The Bertz CT molecular complexity index is 948. The van der Waals surface area contributed by atoms with E-state index in [2.05, 4.69) is 41.2 Å². The number of hydrogen-bond donors (Lipinski definition) is 1. The number of hydrogen-bond acceptors (Lipinski definition) is 7. The summed E-state index contributed by atoms with van der Waals surface area (Å²) in [5, 5.41) is 0. The van der Waals surface area contributed by atoms with Crippen LogP contribution >= 0.6 is 0 Å². The molecule has 3 rings (SSSR count). The quantitative estimate of drug-likeness (QED) is 0.561. The first-order chi connectivity index (χ1) is 14.2. The third-order valence-electron chi connectivity index (χ3n) is 5.03. The fourth-order valence-corrected chi connectivity index (χ4v) is 3.18. The second kappa shape index (κ2) is 10.6. The van der Waals surface area contributed by atoms with Gasteiger partial charge in [-0.2, -0.15) is 8.42 Å². The molecule has 2 atom stereocenters. The second-order valence-electron chi connectivity index (χ2n) is 7.23. The predicted molar refractivity (Wildman–Crippen MR) is 115 cm³/mol. The molecule has 1 saturated heterocycles. The zero-order chi connectivity index (χ0) is 22.3. The van der Waals surface area contributed by atoms with Crippen LogP contribution in [0.3, 0.4) is 0 Å². The second-order valence-corrected chi connectivity index (χ2v) is 8.97. The van der Waals surface area contributed by atoms with Crippen LogP contribution in [-0.4, -0.2) is 48.3 Å². The van der Waals surface area contributed by atoms with Gasteiger partial charge >= 0.3 is 0 Å². The molecule has 0 unspecified atom stereocenters. The molecule has 2 aromatic rings. The van der Waals surface area contributed by atoms with Crippen LogP contribution in [0.15, 0.2) is 30.6 Å². The molecule has 0 aliphatic carbocycles. The molecule has 0 spiro atoms. The van der Waals surface area contributed by atoms with Gasteiger partial charge in [-0.3, -0.25) is 9.35 Å². The van der Waals surface area contributed by atoms with E-state index in [9.17, 15) is 13.2 Å². The largest absolute Gasteiger partial charge is 0.350 e. The molecule has 0 amide bonds. The summed E-state index contributed by atoms with van der Waals surface area (Å²) in [4.78, 5) is 21.5. The van der Waals surface area contributed by atoms with E-state index in [4.69, 9.17) is 9.29 Å². The van der Waals surface area contributed by atoms with E-state index >= 15 is 0 Å². The zero-order valence-corrected chi connectivity index (χ0v) is 18.6. The molecule has 0 radical (unpaired) electrons. The maximum atomic E-state index is 11.1. The van der Waals surface area contributed by atoms with Gasteiger partial charge in [-0.25, -0.2) is 9.97 Å². The molecule has 0 saturated carbocycles. The molecule has 1 aliphatic rings. The minimum absolute atomic E-state index is 0.0573. The van der Waals surface area contributed by atoms with Crippen molar-refractivity contribution in [2.24, 2.45) is 0 Å². The topological polar surface area (TPSA) is 110 Å². The summed E-state index contributed by atoms with van der Waals surface area (Å²) in [7, 11) is -1.70. The molecule has 1 fully saturated rings. The molecule has 1 aromatic heterocycles. The van der Waals surface area contributed by atoms with Crippen LogP contribution in [0, 0.1) is 13.8 Å². The summed E-state index contributed by atoms with van der Waals surface area (Å²) in [5.74, 6) is 0.550. The van der Waals surface area contributed by atoms with Gasteiger partial charge in [0.2, 0.25) is 0 Å². The molecular formula is C21H29N3O5S. The Kier molecular flexibility index (Phi) is 8.45. The Hall–Kier alpha value is -2.36. The standard InChI is InChI=1S/C19H23N3O2.C2H6O3S/c1-13-7-9-15(10-8-13)17-5-4-6-18(24-17)22(3)19-14(2)16(11-23)20-12-21-19;1-2-6(3,4)5/h7-12,17-18H,4-6H2,1-3H3;2H2,1H3,(H,3,4,5)/t17-,18+;/m0./s1. The van der Waals surface area contributed by atoms with Crippen molar-refractivity contribution in [2.45, 2.75) is 52.4 Å². The average molecular weight is 436 g/mol. The molecule has 1 N–H and O–H groups in total. The van der Waals surface area contributed by atoms with Gasteiger partial charge in [0, 0.05) is 12.6 Å². The van der Waals surface area contributed by atoms with Crippen LogP contribution in [0.1, 0.15) is 59.5 Å². The molecule has 8 nitrogen and oxygen atoms in total. The number of ether oxygens (including phenoxy) is 1. The van der Waals surface area contributed by atoms with E-state index < -0.39 is 10.1 Å². The van der Waals surface area contributed by atoms with Crippen LogP contribution in [0.4, 0.5) is 5.82 Å². The lowest BCUT2D eigenvalue weighted by Gasteiger charge is -2.37. The molecule has 9 heteroatoms. The van der Waals surface area contributed by atoms with E-state index in [0.29, 0.717) is 5.69 Å². The van der Waals surface area contributed by atoms with Crippen LogP contribution in [-0.2, 0) is 14.9 Å². The van der Waals surface area contributed by atoms with E-state index in [1.807, 2.05) is 18.9 Å². The number of aryl methyl sites for hydroxylation is 1. The van der Waals surface area contributed by atoms with E-state index in [1.54, 1.807) is 0 Å². The van der Waals surface area contributed by atoms with E-state index in [1.165, 1.54) is 24.4 Å². The molecule has 0 bridgehead atoms. The van der Waals surface area contributed by atoms with Crippen LogP contribution < -0.4 is 4.90 Å². The zero-order valence-electron chi connectivity index (χ0n) is 17.8. The van der Waals surface area contributed by atoms with Crippen molar-refractivity contribution in [2.75, 3.05) is 17.7 Å². The third kappa shape index (κ3) is 6.58. The van der Waals surface area contributed by atoms with Crippen molar-refractivity contribution < 1.29 is 22.5 Å². The number of carbonyl (C=O) groups is 1. The Balaban J connectivity index is 0.000000469. The monoisotopic (exact) mass is 435 g/mol. The number of aldehydes is 1. The Labute approximate surface area is 178 Å². The maximum Gasteiger partial charge on any atom is 0.264 e. The smallest absolute Gasteiger partial charge is 0.264 e. The Morgan fingerprint density at radius 1 is 1.20 bits per heavy atom.